The zero-order chi connectivity index (χ0) is 15.1. The summed E-state index contributed by atoms with van der Waals surface area (Å²) in [5.41, 5.74) is 6.35. The minimum Gasteiger partial charge on any atom is -0.490 e. The van der Waals surface area contributed by atoms with Crippen molar-refractivity contribution in [3.8, 4) is 11.5 Å². The van der Waals surface area contributed by atoms with Crippen molar-refractivity contribution in [3.63, 3.8) is 0 Å². The molecule has 2 N–H and O–H groups in total. The van der Waals surface area contributed by atoms with Crippen molar-refractivity contribution < 1.29 is 9.47 Å². The molecule has 118 valence electrons. The van der Waals surface area contributed by atoms with E-state index >= 15 is 0 Å². The van der Waals surface area contributed by atoms with Crippen LogP contribution in [0.2, 0.25) is 0 Å². The van der Waals surface area contributed by atoms with Gasteiger partial charge in [0.2, 0.25) is 0 Å². The third-order valence-corrected chi connectivity index (χ3v) is 4.66. The fraction of sp³-hybridized carbons (Fsp3) is 0.667. The average Bonchev–Trinajstić information content (AvgIpc) is 2.49. The second-order valence-electron chi connectivity index (χ2n) is 6.38. The van der Waals surface area contributed by atoms with Crippen molar-refractivity contribution in [1.29, 1.82) is 0 Å². The van der Waals surface area contributed by atoms with Gasteiger partial charge in [0.25, 0.3) is 0 Å². The zero-order valence-electron chi connectivity index (χ0n) is 13.4. The van der Waals surface area contributed by atoms with Crippen LogP contribution in [0.3, 0.4) is 0 Å². The highest BCUT2D eigenvalue weighted by Crippen LogP contribution is 2.41. The van der Waals surface area contributed by atoms with E-state index in [4.69, 9.17) is 15.2 Å². The highest BCUT2D eigenvalue weighted by Gasteiger charge is 2.33. The van der Waals surface area contributed by atoms with Crippen molar-refractivity contribution in [2.24, 2.45) is 17.1 Å². The molecule has 3 nitrogen and oxygen atoms in total. The second-order valence-corrected chi connectivity index (χ2v) is 6.38. The number of para-hydroxylation sites is 2. The summed E-state index contributed by atoms with van der Waals surface area (Å²) < 4.78 is 11.6. The number of ether oxygens (including phenoxy) is 2. The molecule has 1 saturated carbocycles. The topological polar surface area (TPSA) is 44.5 Å². The van der Waals surface area contributed by atoms with E-state index < -0.39 is 0 Å². The van der Waals surface area contributed by atoms with Crippen LogP contribution in [-0.2, 0) is 0 Å². The molecule has 3 heteroatoms. The minimum atomic E-state index is 0.276. The lowest BCUT2D eigenvalue weighted by Gasteiger charge is -2.39. The fourth-order valence-electron chi connectivity index (χ4n) is 3.51. The Morgan fingerprint density at radius 3 is 2.57 bits per heavy atom. The molecule has 1 aromatic carbocycles. The van der Waals surface area contributed by atoms with Gasteiger partial charge in [-0.2, -0.15) is 0 Å². The number of nitrogens with two attached hydrogens (primary N) is 1. The molecule has 2 atom stereocenters. The summed E-state index contributed by atoms with van der Waals surface area (Å²) in [5.74, 6) is 2.47. The van der Waals surface area contributed by atoms with Crippen LogP contribution in [0.1, 0.15) is 46.0 Å². The van der Waals surface area contributed by atoms with E-state index in [0.29, 0.717) is 13.2 Å². The molecule has 0 bridgehead atoms. The van der Waals surface area contributed by atoms with Crippen molar-refractivity contribution in [2.45, 2.75) is 46.0 Å². The third-order valence-electron chi connectivity index (χ3n) is 4.66. The molecule has 0 radical (unpaired) electrons. The van der Waals surface area contributed by atoms with Gasteiger partial charge < -0.3 is 15.2 Å². The fourth-order valence-corrected chi connectivity index (χ4v) is 3.51. The predicted octanol–water partition coefficient (Wildman–Crippen LogP) is 4.01. The smallest absolute Gasteiger partial charge is 0.161 e. The summed E-state index contributed by atoms with van der Waals surface area (Å²) in [5, 5.41) is 0. The molecule has 1 fully saturated rings. The van der Waals surface area contributed by atoms with Crippen LogP contribution < -0.4 is 15.2 Å². The Balaban J connectivity index is 1.91. The van der Waals surface area contributed by atoms with Crippen LogP contribution >= 0.6 is 0 Å². The van der Waals surface area contributed by atoms with E-state index in [1.807, 2.05) is 31.2 Å². The predicted molar refractivity (Wildman–Crippen MR) is 86.8 cm³/mol. The number of hydrogen-bond donors (Lipinski definition) is 1. The Kier molecular flexibility index (Phi) is 5.92. The molecule has 2 rings (SSSR count). The van der Waals surface area contributed by atoms with Gasteiger partial charge in [0.1, 0.15) is 0 Å². The van der Waals surface area contributed by atoms with Gasteiger partial charge in [0, 0.05) is 0 Å². The second kappa shape index (κ2) is 7.69. The van der Waals surface area contributed by atoms with E-state index in [9.17, 15) is 0 Å². The summed E-state index contributed by atoms with van der Waals surface area (Å²) in [6, 6.07) is 7.89. The van der Waals surface area contributed by atoms with Gasteiger partial charge in [-0.05, 0) is 56.2 Å². The van der Waals surface area contributed by atoms with E-state index in [1.54, 1.807) is 0 Å². The number of hydrogen-bond acceptors (Lipinski definition) is 3. The van der Waals surface area contributed by atoms with Gasteiger partial charge in [-0.1, -0.05) is 31.9 Å². The van der Waals surface area contributed by atoms with Gasteiger partial charge in [0.05, 0.1) is 13.2 Å². The zero-order valence-corrected chi connectivity index (χ0v) is 13.4. The van der Waals surface area contributed by atoms with Gasteiger partial charge in [-0.3, -0.25) is 0 Å². The lowest BCUT2D eigenvalue weighted by atomic mass is 9.68. The van der Waals surface area contributed by atoms with Crippen molar-refractivity contribution in [1.82, 2.24) is 0 Å². The Labute approximate surface area is 128 Å². The van der Waals surface area contributed by atoms with Crippen molar-refractivity contribution in [2.75, 3.05) is 19.8 Å². The molecule has 1 aliphatic carbocycles. The number of rotatable bonds is 7. The van der Waals surface area contributed by atoms with Crippen LogP contribution in [0.15, 0.2) is 24.3 Å². The molecule has 0 amide bonds. The summed E-state index contributed by atoms with van der Waals surface area (Å²) in [4.78, 5) is 0. The first-order chi connectivity index (χ1) is 10.2. The summed E-state index contributed by atoms with van der Waals surface area (Å²) >= 11 is 0. The maximum absolute atomic E-state index is 6.08. The van der Waals surface area contributed by atoms with Gasteiger partial charge in [-0.15, -0.1) is 0 Å². The Hall–Kier alpha value is -1.22. The molecule has 2 unspecified atom stereocenters. The molecule has 0 heterocycles. The molecule has 0 aliphatic heterocycles. The Morgan fingerprint density at radius 2 is 1.95 bits per heavy atom. The van der Waals surface area contributed by atoms with Crippen LogP contribution in [0.25, 0.3) is 0 Å². The van der Waals surface area contributed by atoms with Crippen molar-refractivity contribution >= 4 is 0 Å². The molecule has 0 saturated heterocycles. The summed E-state index contributed by atoms with van der Waals surface area (Å²) in [7, 11) is 0. The van der Waals surface area contributed by atoms with Crippen LogP contribution in [0, 0.1) is 11.3 Å². The first-order valence-corrected chi connectivity index (χ1v) is 8.24. The summed E-state index contributed by atoms with van der Waals surface area (Å²) in [6.45, 7) is 6.48. The SMILES string of the molecule is CCOc1ccccc1OCCC1(CN)CCCC(C)C1. The first kappa shape index (κ1) is 16.2. The van der Waals surface area contributed by atoms with E-state index in [-0.39, 0.29) is 5.41 Å². The van der Waals surface area contributed by atoms with Crippen molar-refractivity contribution in [3.05, 3.63) is 24.3 Å². The van der Waals surface area contributed by atoms with Gasteiger partial charge in [0.15, 0.2) is 11.5 Å². The molecular weight excluding hydrogens is 262 g/mol. The standard InChI is InChI=1S/C18H29NO2/c1-3-20-16-8-4-5-9-17(16)21-12-11-18(14-19)10-6-7-15(2)13-18/h4-5,8-9,15H,3,6-7,10-14,19H2,1-2H3. The van der Waals surface area contributed by atoms with E-state index in [2.05, 4.69) is 6.92 Å². The molecule has 0 aromatic heterocycles. The van der Waals surface area contributed by atoms with Crippen LogP contribution in [0.5, 0.6) is 11.5 Å². The molecule has 21 heavy (non-hydrogen) atoms. The lowest BCUT2D eigenvalue weighted by Crippen LogP contribution is -2.36. The third kappa shape index (κ3) is 4.37. The van der Waals surface area contributed by atoms with Gasteiger partial charge in [-0.25, -0.2) is 0 Å². The molecule has 1 aliphatic rings. The largest absolute Gasteiger partial charge is 0.490 e. The van der Waals surface area contributed by atoms with E-state index in [0.717, 1.165) is 30.4 Å². The average molecular weight is 291 g/mol. The molecular formula is C18H29NO2. The normalized spacial score (nSPS) is 25.6. The van der Waals surface area contributed by atoms with Crippen LogP contribution in [-0.4, -0.2) is 19.8 Å². The first-order valence-electron chi connectivity index (χ1n) is 8.24. The maximum atomic E-state index is 6.08. The maximum Gasteiger partial charge on any atom is 0.161 e. The minimum absolute atomic E-state index is 0.276. The Morgan fingerprint density at radius 1 is 1.24 bits per heavy atom. The highest BCUT2D eigenvalue weighted by atomic mass is 16.5. The van der Waals surface area contributed by atoms with Crippen LogP contribution in [0.4, 0.5) is 0 Å². The van der Waals surface area contributed by atoms with E-state index in [1.165, 1.54) is 25.7 Å². The molecule has 0 spiro atoms. The monoisotopic (exact) mass is 291 g/mol. The quantitative estimate of drug-likeness (QED) is 0.825. The Bertz CT molecular complexity index is 435. The van der Waals surface area contributed by atoms with Gasteiger partial charge >= 0.3 is 0 Å². The lowest BCUT2D eigenvalue weighted by molar-refractivity contribution is 0.114. The summed E-state index contributed by atoms with van der Waals surface area (Å²) in [6.07, 6.45) is 6.16. The molecule has 1 aromatic rings. The highest BCUT2D eigenvalue weighted by molar-refractivity contribution is 5.39. The number of benzene rings is 1.